The normalized spacial score (nSPS) is 22.1. The highest BCUT2D eigenvalue weighted by Crippen LogP contribution is 2.25. The number of hydrogen-bond donors (Lipinski definition) is 1. The second-order valence-electron chi connectivity index (χ2n) is 5.72. The molecule has 0 spiro atoms. The van der Waals surface area contributed by atoms with Crippen LogP contribution in [-0.4, -0.2) is 35.4 Å². The van der Waals surface area contributed by atoms with Crippen molar-refractivity contribution in [1.82, 2.24) is 15.1 Å². The van der Waals surface area contributed by atoms with Crippen molar-refractivity contribution in [3.63, 3.8) is 0 Å². The van der Waals surface area contributed by atoms with Crippen molar-refractivity contribution < 1.29 is 9.53 Å². The molecule has 0 radical (unpaired) electrons. The van der Waals surface area contributed by atoms with Crippen LogP contribution in [0.3, 0.4) is 0 Å². The van der Waals surface area contributed by atoms with E-state index in [0.29, 0.717) is 18.9 Å². The molecule has 1 aliphatic carbocycles. The molecule has 1 saturated carbocycles. The molecular formula is C15H25N3O2. The van der Waals surface area contributed by atoms with E-state index < -0.39 is 0 Å². The number of carbonyl (C=O) groups excluding carboxylic acids is 1. The van der Waals surface area contributed by atoms with Gasteiger partial charge in [-0.2, -0.15) is 5.10 Å². The average Bonchev–Trinajstić information content (AvgIpc) is 2.95. The fraction of sp³-hybridized carbons (Fsp3) is 0.733. The second kappa shape index (κ2) is 6.88. The Labute approximate surface area is 120 Å². The summed E-state index contributed by atoms with van der Waals surface area (Å²) in [6, 6.07) is 2.31. The molecule has 0 aliphatic heterocycles. The Hall–Kier alpha value is -1.36. The highest BCUT2D eigenvalue weighted by Gasteiger charge is 2.28. The molecule has 0 unspecified atom stereocenters. The van der Waals surface area contributed by atoms with E-state index in [0.717, 1.165) is 30.8 Å². The summed E-state index contributed by atoms with van der Waals surface area (Å²) in [6.07, 6.45) is 3.88. The van der Waals surface area contributed by atoms with E-state index in [1.807, 2.05) is 24.6 Å². The maximum absolute atomic E-state index is 12.0. The SMILES string of the molecule is COC[C@H]1CCC[C@H]1NC(=O)CCn1nc(C)cc1C. The van der Waals surface area contributed by atoms with Gasteiger partial charge in [0.15, 0.2) is 0 Å². The van der Waals surface area contributed by atoms with E-state index in [1.54, 1.807) is 7.11 Å². The van der Waals surface area contributed by atoms with Crippen molar-refractivity contribution in [1.29, 1.82) is 0 Å². The maximum atomic E-state index is 12.0. The van der Waals surface area contributed by atoms with Gasteiger partial charge < -0.3 is 10.1 Å². The third kappa shape index (κ3) is 3.82. The first-order valence-corrected chi connectivity index (χ1v) is 7.39. The Morgan fingerprint density at radius 3 is 2.95 bits per heavy atom. The van der Waals surface area contributed by atoms with Gasteiger partial charge in [0.05, 0.1) is 12.3 Å². The molecule has 1 aromatic heterocycles. The Kier molecular flexibility index (Phi) is 5.17. The minimum atomic E-state index is 0.116. The molecule has 0 saturated heterocycles. The zero-order chi connectivity index (χ0) is 14.5. The first kappa shape index (κ1) is 15.0. The summed E-state index contributed by atoms with van der Waals surface area (Å²) in [5.41, 5.74) is 2.10. The number of methoxy groups -OCH3 is 1. The molecule has 1 fully saturated rings. The minimum Gasteiger partial charge on any atom is -0.384 e. The predicted molar refractivity (Wildman–Crippen MR) is 77.5 cm³/mol. The van der Waals surface area contributed by atoms with E-state index in [9.17, 15) is 4.79 Å². The number of carbonyl (C=O) groups is 1. The lowest BCUT2D eigenvalue weighted by Gasteiger charge is -2.20. The molecule has 2 rings (SSSR count). The van der Waals surface area contributed by atoms with Crippen LogP contribution in [0.2, 0.25) is 0 Å². The van der Waals surface area contributed by atoms with Crippen LogP contribution in [0.25, 0.3) is 0 Å². The van der Waals surface area contributed by atoms with Crippen LogP contribution < -0.4 is 5.32 Å². The summed E-state index contributed by atoms with van der Waals surface area (Å²) in [5.74, 6) is 0.586. The predicted octanol–water partition coefficient (Wildman–Crippen LogP) is 1.82. The summed E-state index contributed by atoms with van der Waals surface area (Å²) >= 11 is 0. The van der Waals surface area contributed by atoms with Gasteiger partial charge in [-0.25, -0.2) is 0 Å². The Morgan fingerprint density at radius 2 is 2.30 bits per heavy atom. The number of nitrogens with zero attached hydrogens (tertiary/aromatic N) is 2. The molecular weight excluding hydrogens is 254 g/mol. The number of amides is 1. The van der Waals surface area contributed by atoms with Gasteiger partial charge in [-0.05, 0) is 32.8 Å². The molecule has 1 aromatic rings. The molecule has 1 amide bonds. The van der Waals surface area contributed by atoms with Gasteiger partial charge in [0.1, 0.15) is 0 Å². The zero-order valence-corrected chi connectivity index (χ0v) is 12.7. The molecule has 1 aliphatic rings. The van der Waals surface area contributed by atoms with Crippen LogP contribution in [0, 0.1) is 19.8 Å². The van der Waals surface area contributed by atoms with Crippen molar-refractivity contribution in [2.45, 2.75) is 52.1 Å². The summed E-state index contributed by atoms with van der Waals surface area (Å²) in [6.45, 7) is 5.37. The molecule has 112 valence electrons. The first-order chi connectivity index (χ1) is 9.60. The lowest BCUT2D eigenvalue weighted by Crippen LogP contribution is -2.39. The number of ether oxygens (including phenoxy) is 1. The van der Waals surface area contributed by atoms with Crippen LogP contribution in [0.5, 0.6) is 0 Å². The Bertz CT molecular complexity index is 456. The number of rotatable bonds is 6. The molecule has 2 atom stereocenters. The molecule has 1 N–H and O–H groups in total. The van der Waals surface area contributed by atoms with Crippen molar-refractivity contribution in [2.75, 3.05) is 13.7 Å². The van der Waals surface area contributed by atoms with Gasteiger partial charge in [0.2, 0.25) is 5.91 Å². The quantitative estimate of drug-likeness (QED) is 0.864. The van der Waals surface area contributed by atoms with E-state index in [1.165, 1.54) is 6.42 Å². The maximum Gasteiger partial charge on any atom is 0.222 e. The van der Waals surface area contributed by atoms with Gasteiger partial charge in [-0.15, -0.1) is 0 Å². The van der Waals surface area contributed by atoms with Crippen LogP contribution in [0.1, 0.15) is 37.1 Å². The fourth-order valence-electron chi connectivity index (χ4n) is 3.03. The Balaban J connectivity index is 1.79. The van der Waals surface area contributed by atoms with Crippen molar-refractivity contribution in [3.05, 3.63) is 17.5 Å². The minimum absolute atomic E-state index is 0.116. The number of nitrogens with one attached hydrogen (secondary N) is 1. The number of aryl methyl sites for hydroxylation is 3. The molecule has 0 aromatic carbocycles. The number of hydrogen-bond acceptors (Lipinski definition) is 3. The van der Waals surface area contributed by atoms with Crippen molar-refractivity contribution in [3.8, 4) is 0 Å². The first-order valence-electron chi connectivity index (χ1n) is 7.39. The summed E-state index contributed by atoms with van der Waals surface area (Å²) in [4.78, 5) is 12.0. The van der Waals surface area contributed by atoms with Crippen LogP contribution in [0.4, 0.5) is 0 Å². The summed E-state index contributed by atoms with van der Waals surface area (Å²) in [5, 5.41) is 7.53. The van der Waals surface area contributed by atoms with Gasteiger partial charge >= 0.3 is 0 Å². The Morgan fingerprint density at radius 1 is 1.50 bits per heavy atom. The lowest BCUT2D eigenvalue weighted by molar-refractivity contribution is -0.122. The smallest absolute Gasteiger partial charge is 0.222 e. The van der Waals surface area contributed by atoms with E-state index in [4.69, 9.17) is 4.74 Å². The number of aromatic nitrogens is 2. The van der Waals surface area contributed by atoms with Crippen LogP contribution >= 0.6 is 0 Å². The standard InChI is InChI=1S/C15H25N3O2/c1-11-9-12(2)18(17-11)8-7-15(19)16-14-6-4-5-13(14)10-20-3/h9,13-14H,4-8,10H2,1-3H3,(H,16,19)/t13-,14-/m1/s1. The van der Waals surface area contributed by atoms with Crippen LogP contribution in [-0.2, 0) is 16.1 Å². The van der Waals surface area contributed by atoms with E-state index in [-0.39, 0.29) is 11.9 Å². The van der Waals surface area contributed by atoms with Gasteiger partial charge in [-0.1, -0.05) is 6.42 Å². The summed E-state index contributed by atoms with van der Waals surface area (Å²) < 4.78 is 7.12. The van der Waals surface area contributed by atoms with E-state index >= 15 is 0 Å². The molecule has 0 bridgehead atoms. The third-order valence-electron chi connectivity index (χ3n) is 4.04. The molecule has 5 heteroatoms. The highest BCUT2D eigenvalue weighted by molar-refractivity contribution is 5.76. The van der Waals surface area contributed by atoms with Gasteiger partial charge in [0, 0.05) is 37.7 Å². The van der Waals surface area contributed by atoms with Gasteiger partial charge in [0.25, 0.3) is 0 Å². The average molecular weight is 279 g/mol. The van der Waals surface area contributed by atoms with E-state index in [2.05, 4.69) is 10.4 Å². The molecule has 20 heavy (non-hydrogen) atoms. The zero-order valence-electron chi connectivity index (χ0n) is 12.7. The largest absolute Gasteiger partial charge is 0.384 e. The third-order valence-corrected chi connectivity index (χ3v) is 4.04. The molecule has 5 nitrogen and oxygen atoms in total. The second-order valence-corrected chi connectivity index (χ2v) is 5.72. The topological polar surface area (TPSA) is 56.1 Å². The lowest BCUT2D eigenvalue weighted by atomic mass is 10.0. The fourth-order valence-corrected chi connectivity index (χ4v) is 3.03. The monoisotopic (exact) mass is 279 g/mol. The van der Waals surface area contributed by atoms with Gasteiger partial charge in [-0.3, -0.25) is 9.48 Å². The van der Waals surface area contributed by atoms with Crippen LogP contribution in [0.15, 0.2) is 6.07 Å². The molecule has 1 heterocycles. The van der Waals surface area contributed by atoms with Crippen molar-refractivity contribution >= 4 is 5.91 Å². The summed E-state index contributed by atoms with van der Waals surface area (Å²) in [7, 11) is 1.72. The highest BCUT2D eigenvalue weighted by atomic mass is 16.5. The van der Waals surface area contributed by atoms with Crippen molar-refractivity contribution in [2.24, 2.45) is 5.92 Å².